The molecule has 15 heavy (non-hydrogen) atoms. The number of nitrogen functional groups attached to an aromatic ring is 1. The van der Waals surface area contributed by atoms with Crippen LogP contribution >= 0.6 is 11.6 Å². The van der Waals surface area contributed by atoms with Gasteiger partial charge in [-0.2, -0.15) is 5.10 Å². The van der Waals surface area contributed by atoms with Gasteiger partial charge in [0.05, 0.1) is 6.61 Å². The van der Waals surface area contributed by atoms with E-state index < -0.39 is 5.97 Å². The summed E-state index contributed by atoms with van der Waals surface area (Å²) in [5.41, 5.74) is 5.77. The maximum absolute atomic E-state index is 11.4. The van der Waals surface area contributed by atoms with Crippen LogP contribution in [-0.2, 0) is 4.74 Å². The maximum Gasteiger partial charge on any atom is 0.360 e. The second-order valence-corrected chi connectivity index (χ2v) is 3.68. The monoisotopic (exact) mass is 231 g/mol. The van der Waals surface area contributed by atoms with Crippen molar-refractivity contribution >= 4 is 23.4 Å². The molecule has 0 spiro atoms. The Bertz CT molecular complexity index is 374. The zero-order valence-electron chi connectivity index (χ0n) is 8.95. The largest absolute Gasteiger partial charge is 0.461 e. The SMILES string of the molecule is CCOC(=O)c1nn(C(C)C)c(N)c1Cl. The van der Waals surface area contributed by atoms with Crippen LogP contribution in [0.25, 0.3) is 0 Å². The normalized spacial score (nSPS) is 10.7. The summed E-state index contributed by atoms with van der Waals surface area (Å²) in [4.78, 5) is 11.4. The molecule has 0 aliphatic rings. The number of rotatable bonds is 3. The number of ether oxygens (including phenoxy) is 1. The third kappa shape index (κ3) is 2.23. The summed E-state index contributed by atoms with van der Waals surface area (Å²) in [7, 11) is 0. The molecule has 0 aliphatic carbocycles. The first-order valence-electron chi connectivity index (χ1n) is 4.69. The number of nitrogens with two attached hydrogens (primary N) is 1. The van der Waals surface area contributed by atoms with E-state index in [0.29, 0.717) is 0 Å². The predicted octanol–water partition coefficient (Wildman–Crippen LogP) is 1.88. The minimum Gasteiger partial charge on any atom is -0.461 e. The van der Waals surface area contributed by atoms with Gasteiger partial charge in [0, 0.05) is 6.04 Å². The van der Waals surface area contributed by atoms with Crippen LogP contribution in [0.1, 0.15) is 37.3 Å². The topological polar surface area (TPSA) is 70.1 Å². The molecule has 1 aromatic rings. The summed E-state index contributed by atoms with van der Waals surface area (Å²) in [5.74, 6) is -0.261. The Kier molecular flexibility index (Phi) is 3.57. The number of anilines is 1. The summed E-state index contributed by atoms with van der Waals surface area (Å²) in [6, 6.07) is 0.0469. The summed E-state index contributed by atoms with van der Waals surface area (Å²) in [6.45, 7) is 5.79. The van der Waals surface area contributed by atoms with E-state index in [0.717, 1.165) is 0 Å². The van der Waals surface area contributed by atoms with Crippen molar-refractivity contribution in [2.75, 3.05) is 12.3 Å². The Morgan fingerprint density at radius 2 is 2.27 bits per heavy atom. The van der Waals surface area contributed by atoms with Gasteiger partial charge in [-0.05, 0) is 20.8 Å². The fraction of sp³-hybridized carbons (Fsp3) is 0.556. The van der Waals surface area contributed by atoms with Gasteiger partial charge in [0.25, 0.3) is 0 Å². The van der Waals surface area contributed by atoms with Crippen LogP contribution < -0.4 is 5.73 Å². The molecule has 84 valence electrons. The van der Waals surface area contributed by atoms with E-state index in [2.05, 4.69) is 5.10 Å². The van der Waals surface area contributed by atoms with Crippen LogP contribution in [0.5, 0.6) is 0 Å². The van der Waals surface area contributed by atoms with Gasteiger partial charge in [0.1, 0.15) is 10.8 Å². The zero-order chi connectivity index (χ0) is 11.6. The Labute approximate surface area is 93.1 Å². The van der Waals surface area contributed by atoms with Crippen molar-refractivity contribution in [2.45, 2.75) is 26.8 Å². The number of esters is 1. The molecule has 1 rings (SSSR count). The lowest BCUT2D eigenvalue weighted by Gasteiger charge is -2.06. The molecule has 1 aromatic heterocycles. The molecule has 0 saturated heterocycles. The molecule has 0 bridgehead atoms. The van der Waals surface area contributed by atoms with Crippen LogP contribution in [0, 0.1) is 0 Å². The van der Waals surface area contributed by atoms with E-state index in [1.165, 1.54) is 4.68 Å². The molecular weight excluding hydrogens is 218 g/mol. The van der Waals surface area contributed by atoms with Crippen molar-refractivity contribution in [3.05, 3.63) is 10.7 Å². The fourth-order valence-corrected chi connectivity index (χ4v) is 1.35. The first kappa shape index (κ1) is 11.8. The molecule has 0 aliphatic heterocycles. The Morgan fingerprint density at radius 3 is 2.67 bits per heavy atom. The van der Waals surface area contributed by atoms with Crippen LogP contribution in [0.4, 0.5) is 5.82 Å². The minimum absolute atomic E-state index is 0.0469. The highest BCUT2D eigenvalue weighted by atomic mass is 35.5. The summed E-state index contributed by atoms with van der Waals surface area (Å²) in [6.07, 6.45) is 0. The number of hydrogen-bond acceptors (Lipinski definition) is 4. The molecule has 5 nitrogen and oxygen atoms in total. The van der Waals surface area contributed by atoms with Gasteiger partial charge < -0.3 is 10.5 Å². The van der Waals surface area contributed by atoms with Gasteiger partial charge in [0.2, 0.25) is 0 Å². The van der Waals surface area contributed by atoms with Crippen molar-refractivity contribution in [3.63, 3.8) is 0 Å². The van der Waals surface area contributed by atoms with Crippen molar-refractivity contribution in [1.29, 1.82) is 0 Å². The molecule has 0 saturated carbocycles. The molecule has 0 unspecified atom stereocenters. The van der Waals surface area contributed by atoms with Gasteiger partial charge in [0.15, 0.2) is 5.69 Å². The first-order chi connectivity index (χ1) is 6.99. The van der Waals surface area contributed by atoms with E-state index >= 15 is 0 Å². The number of aromatic nitrogens is 2. The van der Waals surface area contributed by atoms with E-state index in [1.54, 1.807) is 6.92 Å². The smallest absolute Gasteiger partial charge is 0.360 e. The second kappa shape index (κ2) is 4.53. The van der Waals surface area contributed by atoms with Gasteiger partial charge in [-0.3, -0.25) is 0 Å². The Hall–Kier alpha value is -1.23. The van der Waals surface area contributed by atoms with Crippen molar-refractivity contribution in [1.82, 2.24) is 9.78 Å². The predicted molar refractivity (Wildman–Crippen MR) is 58.0 cm³/mol. The highest BCUT2D eigenvalue weighted by Crippen LogP contribution is 2.26. The third-order valence-electron chi connectivity index (χ3n) is 1.85. The average molecular weight is 232 g/mol. The average Bonchev–Trinajstić information content (AvgIpc) is 2.45. The highest BCUT2D eigenvalue weighted by Gasteiger charge is 2.21. The van der Waals surface area contributed by atoms with Crippen molar-refractivity contribution < 1.29 is 9.53 Å². The van der Waals surface area contributed by atoms with Crippen LogP contribution in [0.2, 0.25) is 5.02 Å². The molecule has 0 aromatic carbocycles. The molecule has 0 radical (unpaired) electrons. The second-order valence-electron chi connectivity index (χ2n) is 3.31. The number of nitrogens with zero attached hydrogens (tertiary/aromatic N) is 2. The van der Waals surface area contributed by atoms with Gasteiger partial charge in [-0.1, -0.05) is 11.6 Å². The van der Waals surface area contributed by atoms with Crippen molar-refractivity contribution in [2.24, 2.45) is 0 Å². The zero-order valence-corrected chi connectivity index (χ0v) is 9.71. The fourth-order valence-electron chi connectivity index (χ4n) is 1.15. The number of carbonyl (C=O) groups is 1. The summed E-state index contributed by atoms with van der Waals surface area (Å²) in [5, 5.41) is 4.17. The Balaban J connectivity index is 3.10. The maximum atomic E-state index is 11.4. The minimum atomic E-state index is -0.548. The molecule has 6 heteroatoms. The number of carbonyl (C=O) groups excluding carboxylic acids is 1. The molecule has 0 fully saturated rings. The molecule has 2 N–H and O–H groups in total. The Morgan fingerprint density at radius 1 is 1.67 bits per heavy atom. The molecule has 1 heterocycles. The van der Waals surface area contributed by atoms with Gasteiger partial charge >= 0.3 is 5.97 Å². The standard InChI is InChI=1S/C9H14ClN3O2/c1-4-15-9(14)7-6(10)8(11)13(12-7)5(2)3/h5H,4,11H2,1-3H3. The number of halogens is 1. The van der Waals surface area contributed by atoms with E-state index in [-0.39, 0.29) is 29.2 Å². The van der Waals surface area contributed by atoms with Crippen molar-refractivity contribution in [3.8, 4) is 0 Å². The molecule has 0 atom stereocenters. The summed E-state index contributed by atoms with van der Waals surface area (Å²) >= 11 is 5.88. The first-order valence-corrected chi connectivity index (χ1v) is 5.07. The van der Waals surface area contributed by atoms with E-state index in [4.69, 9.17) is 22.1 Å². The summed E-state index contributed by atoms with van der Waals surface area (Å²) < 4.78 is 6.30. The number of hydrogen-bond donors (Lipinski definition) is 1. The van der Waals surface area contributed by atoms with Crippen LogP contribution in [0.15, 0.2) is 0 Å². The van der Waals surface area contributed by atoms with E-state index in [1.807, 2.05) is 13.8 Å². The lowest BCUT2D eigenvalue weighted by molar-refractivity contribution is 0.0518. The third-order valence-corrected chi connectivity index (χ3v) is 2.22. The highest BCUT2D eigenvalue weighted by molar-refractivity contribution is 6.35. The quantitative estimate of drug-likeness (QED) is 0.807. The van der Waals surface area contributed by atoms with Crippen LogP contribution in [0.3, 0.4) is 0 Å². The molecular formula is C9H14ClN3O2. The van der Waals surface area contributed by atoms with Gasteiger partial charge in [-0.15, -0.1) is 0 Å². The molecule has 0 amide bonds. The van der Waals surface area contributed by atoms with E-state index in [9.17, 15) is 4.79 Å². The lowest BCUT2D eigenvalue weighted by atomic mass is 10.4. The lowest BCUT2D eigenvalue weighted by Crippen LogP contribution is -2.09. The van der Waals surface area contributed by atoms with Crippen LogP contribution in [-0.4, -0.2) is 22.4 Å². The van der Waals surface area contributed by atoms with Gasteiger partial charge in [-0.25, -0.2) is 9.48 Å².